The Labute approximate surface area is 206 Å². The summed E-state index contributed by atoms with van der Waals surface area (Å²) >= 11 is 0. The molecule has 0 aromatic heterocycles. The first-order chi connectivity index (χ1) is 17.0. The summed E-state index contributed by atoms with van der Waals surface area (Å²) < 4.78 is 159. The average Bonchev–Trinajstić information content (AvgIpc) is 2.72. The van der Waals surface area contributed by atoms with Crippen LogP contribution in [-0.2, 0) is 9.47 Å². The second-order valence-corrected chi connectivity index (χ2v) is 7.78. The van der Waals surface area contributed by atoms with Crippen LogP contribution in [0.4, 0.5) is 69.3 Å². The lowest BCUT2D eigenvalue weighted by atomic mass is 10.0. The Balaban J connectivity index is 3.52. The van der Waals surface area contributed by atoms with E-state index in [2.05, 4.69) is 9.47 Å². The molecular weight excluding hydrogens is 557 g/mol. The molecule has 0 radical (unpaired) electrons. The monoisotopic (exact) mass is 576 g/mol. The van der Waals surface area contributed by atoms with Crippen LogP contribution >= 0.6 is 0 Å². The first kappa shape index (κ1) is 32.6. The Kier molecular flexibility index (Phi) is 9.86. The predicted octanol–water partition coefficient (Wildman–Crippen LogP) is 7.56. The number of carbonyl (C=O) groups excluding carboxylic acids is 2. The second kappa shape index (κ2) is 11.5. The lowest BCUT2D eigenvalue weighted by Crippen LogP contribution is -2.61. The zero-order chi connectivity index (χ0) is 29.9. The van der Waals surface area contributed by atoms with Gasteiger partial charge in [0, 0.05) is 11.8 Å². The summed E-state index contributed by atoms with van der Waals surface area (Å²) in [6.45, 7) is 5.62. The zero-order valence-electron chi connectivity index (χ0n) is 19.6. The van der Waals surface area contributed by atoms with Crippen molar-refractivity contribution in [3.05, 3.63) is 30.0 Å². The molecule has 2 amide bonds. The molecule has 1 rings (SSSR count). The number of allylic oxidation sites excluding steroid dienone is 1. The molecule has 0 aliphatic heterocycles. The minimum Gasteiger partial charge on any atom is -0.447 e. The van der Waals surface area contributed by atoms with Gasteiger partial charge >= 0.3 is 42.1 Å². The number of nitrogens with one attached hydrogen (secondary N) is 2. The molecule has 7 nitrogen and oxygen atoms in total. The van der Waals surface area contributed by atoms with E-state index in [9.17, 15) is 57.9 Å². The summed E-state index contributed by atoms with van der Waals surface area (Å²) in [5.74, 6) is -27.5. The van der Waals surface area contributed by atoms with E-state index in [1.807, 2.05) is 10.6 Å². The molecule has 0 fully saturated rings. The Morgan fingerprint density at radius 2 is 1.24 bits per heavy atom. The van der Waals surface area contributed by atoms with Gasteiger partial charge in [-0.25, -0.2) is 9.59 Å². The molecule has 38 heavy (non-hydrogen) atoms. The van der Waals surface area contributed by atoms with Crippen molar-refractivity contribution in [2.24, 2.45) is 0 Å². The number of hydrogen-bond donors (Lipinski definition) is 2. The van der Waals surface area contributed by atoms with Crippen LogP contribution in [0.25, 0.3) is 0 Å². The van der Waals surface area contributed by atoms with E-state index in [0.717, 1.165) is 12.1 Å². The number of benzene rings is 1. The lowest BCUT2D eigenvalue weighted by Gasteiger charge is -2.32. The Morgan fingerprint density at radius 3 is 1.68 bits per heavy atom. The first-order valence-electron chi connectivity index (χ1n) is 10.1. The number of ether oxygens (including phenoxy) is 3. The molecule has 2 N–H and O–H groups in total. The van der Waals surface area contributed by atoms with Crippen LogP contribution in [0, 0.1) is 0 Å². The Bertz CT molecular complexity index is 1060. The van der Waals surface area contributed by atoms with E-state index in [1.54, 1.807) is 0 Å². The predicted molar refractivity (Wildman–Crippen MR) is 108 cm³/mol. The van der Waals surface area contributed by atoms with Crippen molar-refractivity contribution in [1.82, 2.24) is 0 Å². The van der Waals surface area contributed by atoms with Crippen LogP contribution < -0.4 is 15.4 Å². The number of rotatable bonds is 9. The molecule has 0 aliphatic rings. The molecule has 0 saturated carbocycles. The van der Waals surface area contributed by atoms with Crippen molar-refractivity contribution >= 4 is 23.6 Å². The summed E-state index contributed by atoms with van der Waals surface area (Å²) in [5.41, 5.74) is -1.15. The van der Waals surface area contributed by atoms with Gasteiger partial charge < -0.3 is 14.2 Å². The molecular formula is C20H19F11N2O5. The van der Waals surface area contributed by atoms with Crippen LogP contribution in [0.15, 0.2) is 30.0 Å². The van der Waals surface area contributed by atoms with Crippen molar-refractivity contribution < 1.29 is 72.1 Å². The standard InChI is InChI=1S/C20H19F11N2O5/c1-8(2)36-15(34)32-10-5-6-11(33-16(35)37-9(3)4)12(7-10)38-14(22)13(21)17(23,24)18(25,26)19(27,28)20(29,30)31/h5-9H,1-4H3,(H,32,34)(H,33,35). The van der Waals surface area contributed by atoms with Gasteiger partial charge in [-0.2, -0.15) is 48.3 Å². The fourth-order valence-corrected chi connectivity index (χ4v) is 2.28. The first-order valence-corrected chi connectivity index (χ1v) is 10.1. The molecule has 0 unspecified atom stereocenters. The average molecular weight is 576 g/mol. The number of carbonyl (C=O) groups is 2. The van der Waals surface area contributed by atoms with Gasteiger partial charge in [0.1, 0.15) is 0 Å². The summed E-state index contributed by atoms with van der Waals surface area (Å²) in [6.07, 6.45) is -11.1. The topological polar surface area (TPSA) is 85.9 Å². The third kappa shape index (κ3) is 7.31. The molecule has 0 aliphatic carbocycles. The van der Waals surface area contributed by atoms with Gasteiger partial charge in [-0.05, 0) is 39.8 Å². The maximum Gasteiger partial charge on any atom is 0.460 e. The maximum absolute atomic E-state index is 14.2. The molecule has 1 aromatic carbocycles. The SMILES string of the molecule is CC(C)OC(=O)Nc1ccc(NC(=O)OC(C)C)c(OC(F)=C(F)C(F)(F)C(F)(F)C(F)(F)C(F)(F)F)c1. The number of amides is 2. The van der Waals surface area contributed by atoms with E-state index in [1.165, 1.54) is 27.7 Å². The molecule has 0 heterocycles. The lowest BCUT2D eigenvalue weighted by molar-refractivity contribution is -0.392. The summed E-state index contributed by atoms with van der Waals surface area (Å²) in [6, 6.07) is -1.14. The molecule has 1 aromatic rings. The fraction of sp³-hybridized carbons (Fsp3) is 0.500. The quantitative estimate of drug-likeness (QED) is 0.234. The highest BCUT2D eigenvalue weighted by Gasteiger charge is 2.83. The van der Waals surface area contributed by atoms with Gasteiger partial charge in [-0.3, -0.25) is 10.6 Å². The summed E-state index contributed by atoms with van der Waals surface area (Å²) in [7, 11) is 0. The Hall–Kier alpha value is -3.47. The number of alkyl halides is 9. The van der Waals surface area contributed by atoms with E-state index in [-0.39, 0.29) is 0 Å². The minimum atomic E-state index is -7.52. The van der Waals surface area contributed by atoms with Crippen LogP contribution in [0.1, 0.15) is 27.7 Å². The number of anilines is 2. The maximum atomic E-state index is 14.2. The smallest absolute Gasteiger partial charge is 0.447 e. The normalized spacial score (nSPS) is 13.7. The van der Waals surface area contributed by atoms with Crippen LogP contribution in [0.2, 0.25) is 0 Å². The van der Waals surface area contributed by atoms with E-state index < -0.39 is 77.3 Å². The van der Waals surface area contributed by atoms with Gasteiger partial charge in [0.2, 0.25) is 5.83 Å². The van der Waals surface area contributed by atoms with Crippen molar-refractivity contribution in [2.75, 3.05) is 10.6 Å². The highest BCUT2D eigenvalue weighted by atomic mass is 19.4. The third-order valence-electron chi connectivity index (χ3n) is 3.94. The third-order valence-corrected chi connectivity index (χ3v) is 3.94. The zero-order valence-corrected chi connectivity index (χ0v) is 19.6. The largest absolute Gasteiger partial charge is 0.460 e. The number of hydrogen-bond acceptors (Lipinski definition) is 5. The van der Waals surface area contributed by atoms with Gasteiger partial charge in [-0.1, -0.05) is 0 Å². The molecule has 216 valence electrons. The van der Waals surface area contributed by atoms with Gasteiger partial charge in [0.25, 0.3) is 0 Å². The van der Waals surface area contributed by atoms with Crippen molar-refractivity contribution in [2.45, 2.75) is 63.8 Å². The van der Waals surface area contributed by atoms with Gasteiger partial charge in [0.15, 0.2) is 5.75 Å². The van der Waals surface area contributed by atoms with Crippen molar-refractivity contribution in [1.29, 1.82) is 0 Å². The van der Waals surface area contributed by atoms with Gasteiger partial charge in [0.05, 0.1) is 17.9 Å². The summed E-state index contributed by atoms with van der Waals surface area (Å²) in [5, 5.41) is 3.88. The van der Waals surface area contributed by atoms with Crippen LogP contribution in [0.5, 0.6) is 5.75 Å². The van der Waals surface area contributed by atoms with Crippen molar-refractivity contribution in [3.63, 3.8) is 0 Å². The molecule has 0 saturated heterocycles. The highest BCUT2D eigenvalue weighted by molar-refractivity contribution is 5.89. The summed E-state index contributed by atoms with van der Waals surface area (Å²) in [4.78, 5) is 23.5. The molecule has 0 atom stereocenters. The minimum absolute atomic E-state index is 0.415. The molecule has 0 bridgehead atoms. The van der Waals surface area contributed by atoms with Crippen molar-refractivity contribution in [3.8, 4) is 5.75 Å². The van der Waals surface area contributed by atoms with Gasteiger partial charge in [-0.15, -0.1) is 0 Å². The highest BCUT2D eigenvalue weighted by Crippen LogP contribution is 2.55. The van der Waals surface area contributed by atoms with Crippen LogP contribution in [0.3, 0.4) is 0 Å². The van der Waals surface area contributed by atoms with E-state index in [4.69, 9.17) is 4.74 Å². The molecule has 18 heteroatoms. The second-order valence-electron chi connectivity index (χ2n) is 7.78. The van der Waals surface area contributed by atoms with E-state index >= 15 is 0 Å². The van der Waals surface area contributed by atoms with E-state index in [0.29, 0.717) is 6.07 Å². The van der Waals surface area contributed by atoms with Crippen LogP contribution in [-0.4, -0.2) is 48.3 Å². The molecule has 0 spiro atoms. The Morgan fingerprint density at radius 1 is 0.763 bits per heavy atom. The fourth-order valence-electron chi connectivity index (χ4n) is 2.28. The number of halogens is 11.